The number of nitrogens with one attached hydrogen (secondary N) is 1. The summed E-state index contributed by atoms with van der Waals surface area (Å²) in [6.07, 6.45) is 2.10. The first-order chi connectivity index (χ1) is 14.0. The summed E-state index contributed by atoms with van der Waals surface area (Å²) in [7, 11) is 2.98. The van der Waals surface area contributed by atoms with Crippen LogP contribution >= 0.6 is 0 Å². The molecule has 3 rings (SSSR count). The fraction of sp³-hybridized carbons (Fsp3) is 0.364. The first kappa shape index (κ1) is 20.5. The molecular formula is C22H25NO6. The van der Waals surface area contributed by atoms with Gasteiger partial charge in [-0.05, 0) is 37.0 Å². The fourth-order valence-electron chi connectivity index (χ4n) is 3.44. The zero-order valence-electron chi connectivity index (χ0n) is 16.6. The lowest BCUT2D eigenvalue weighted by molar-refractivity contribution is -0.139. The van der Waals surface area contributed by atoms with Crippen LogP contribution in [0.5, 0.6) is 17.2 Å². The van der Waals surface area contributed by atoms with E-state index < -0.39 is 11.5 Å². The predicted molar refractivity (Wildman–Crippen MR) is 107 cm³/mol. The standard InChI is InChI=1S/C22H25NO6/c1-27-17-11-16(21(26)23-22(9-6-10-22)13-19(24)25)12-18(28-2)20(17)29-14-15-7-4-3-5-8-15/h3-5,7-8,11-12H,6,9-10,13-14H2,1-2H3,(H,23,26)(H,24,25). The zero-order chi connectivity index (χ0) is 20.9. The highest BCUT2D eigenvalue weighted by Crippen LogP contribution is 2.40. The molecule has 0 aliphatic heterocycles. The molecule has 1 amide bonds. The van der Waals surface area contributed by atoms with Crippen molar-refractivity contribution in [3.05, 3.63) is 53.6 Å². The Labute approximate surface area is 169 Å². The lowest BCUT2D eigenvalue weighted by Crippen LogP contribution is -2.54. The number of ether oxygens (including phenoxy) is 3. The van der Waals surface area contributed by atoms with Gasteiger partial charge in [0.05, 0.1) is 26.2 Å². The Kier molecular flexibility index (Phi) is 6.26. The Morgan fingerprint density at radius 2 is 1.69 bits per heavy atom. The Balaban J connectivity index is 1.81. The van der Waals surface area contributed by atoms with Gasteiger partial charge in [-0.2, -0.15) is 0 Å². The van der Waals surface area contributed by atoms with E-state index in [0.717, 1.165) is 12.0 Å². The summed E-state index contributed by atoms with van der Waals surface area (Å²) in [5.41, 5.74) is 0.618. The van der Waals surface area contributed by atoms with Crippen molar-refractivity contribution in [3.8, 4) is 17.2 Å². The van der Waals surface area contributed by atoms with Gasteiger partial charge in [0.15, 0.2) is 11.5 Å². The van der Waals surface area contributed by atoms with Gasteiger partial charge in [0, 0.05) is 5.56 Å². The lowest BCUT2D eigenvalue weighted by Gasteiger charge is -2.41. The Hall–Kier alpha value is -3.22. The third-order valence-corrected chi connectivity index (χ3v) is 5.13. The Morgan fingerprint density at radius 3 is 2.17 bits per heavy atom. The summed E-state index contributed by atoms with van der Waals surface area (Å²) in [6.45, 7) is 0.320. The number of hydrogen-bond donors (Lipinski definition) is 2. The zero-order valence-corrected chi connectivity index (χ0v) is 16.6. The molecule has 2 aromatic rings. The highest BCUT2D eigenvalue weighted by atomic mass is 16.5. The summed E-state index contributed by atoms with van der Waals surface area (Å²) in [5, 5.41) is 12.0. The van der Waals surface area contributed by atoms with E-state index >= 15 is 0 Å². The van der Waals surface area contributed by atoms with Crippen molar-refractivity contribution in [2.24, 2.45) is 0 Å². The van der Waals surface area contributed by atoms with E-state index in [0.29, 0.717) is 42.3 Å². The van der Waals surface area contributed by atoms with Gasteiger partial charge in [0.1, 0.15) is 6.61 Å². The molecule has 7 nitrogen and oxygen atoms in total. The average molecular weight is 399 g/mol. The van der Waals surface area contributed by atoms with Gasteiger partial charge in [0.2, 0.25) is 5.75 Å². The topological polar surface area (TPSA) is 94.1 Å². The third-order valence-electron chi connectivity index (χ3n) is 5.13. The smallest absolute Gasteiger partial charge is 0.305 e. The number of methoxy groups -OCH3 is 2. The number of carbonyl (C=O) groups excluding carboxylic acids is 1. The first-order valence-corrected chi connectivity index (χ1v) is 9.43. The van der Waals surface area contributed by atoms with Crippen LogP contribution in [0.3, 0.4) is 0 Å². The van der Waals surface area contributed by atoms with E-state index in [2.05, 4.69) is 5.32 Å². The van der Waals surface area contributed by atoms with E-state index in [-0.39, 0.29) is 12.3 Å². The predicted octanol–water partition coefficient (Wildman–Crippen LogP) is 3.41. The molecule has 0 radical (unpaired) electrons. The van der Waals surface area contributed by atoms with E-state index in [4.69, 9.17) is 19.3 Å². The molecule has 29 heavy (non-hydrogen) atoms. The molecule has 1 saturated carbocycles. The van der Waals surface area contributed by atoms with Crippen LogP contribution in [0, 0.1) is 0 Å². The highest BCUT2D eigenvalue weighted by Gasteiger charge is 2.40. The molecule has 0 atom stereocenters. The van der Waals surface area contributed by atoms with E-state index in [1.54, 1.807) is 12.1 Å². The lowest BCUT2D eigenvalue weighted by atomic mass is 9.74. The molecule has 1 fully saturated rings. The SMILES string of the molecule is COc1cc(C(=O)NC2(CC(=O)O)CCC2)cc(OC)c1OCc1ccccc1. The van der Waals surface area contributed by atoms with Gasteiger partial charge in [-0.15, -0.1) is 0 Å². The number of rotatable bonds is 9. The first-order valence-electron chi connectivity index (χ1n) is 9.43. The van der Waals surface area contributed by atoms with Crippen LogP contribution in [0.1, 0.15) is 41.6 Å². The second-order valence-electron chi connectivity index (χ2n) is 7.14. The Morgan fingerprint density at radius 1 is 1.07 bits per heavy atom. The van der Waals surface area contributed by atoms with E-state index in [1.165, 1.54) is 14.2 Å². The summed E-state index contributed by atoms with van der Waals surface area (Å²) in [4.78, 5) is 24.0. The normalized spacial score (nSPS) is 14.4. The summed E-state index contributed by atoms with van der Waals surface area (Å²) >= 11 is 0. The van der Waals surface area contributed by atoms with Crippen molar-refractivity contribution in [1.82, 2.24) is 5.32 Å². The third kappa shape index (κ3) is 4.80. The van der Waals surface area contributed by atoms with Crippen molar-refractivity contribution in [3.63, 3.8) is 0 Å². The van der Waals surface area contributed by atoms with Gasteiger partial charge in [-0.1, -0.05) is 30.3 Å². The second kappa shape index (κ2) is 8.86. The maximum absolute atomic E-state index is 12.8. The van der Waals surface area contributed by atoms with Crippen LogP contribution in [-0.4, -0.2) is 36.7 Å². The molecule has 2 N–H and O–H groups in total. The van der Waals surface area contributed by atoms with Gasteiger partial charge in [-0.25, -0.2) is 0 Å². The largest absolute Gasteiger partial charge is 0.493 e. The fourth-order valence-corrected chi connectivity index (χ4v) is 3.44. The maximum atomic E-state index is 12.8. The van der Waals surface area contributed by atoms with Crippen molar-refractivity contribution >= 4 is 11.9 Å². The van der Waals surface area contributed by atoms with Crippen LogP contribution < -0.4 is 19.5 Å². The molecule has 0 saturated heterocycles. The van der Waals surface area contributed by atoms with E-state index in [9.17, 15) is 9.59 Å². The van der Waals surface area contributed by atoms with E-state index in [1.807, 2.05) is 30.3 Å². The molecule has 154 valence electrons. The number of benzene rings is 2. The molecule has 0 bridgehead atoms. The molecule has 0 aromatic heterocycles. The highest BCUT2D eigenvalue weighted by molar-refractivity contribution is 5.96. The monoisotopic (exact) mass is 399 g/mol. The average Bonchev–Trinajstić information content (AvgIpc) is 2.70. The summed E-state index contributed by atoms with van der Waals surface area (Å²) in [6, 6.07) is 12.8. The number of carboxylic acids is 1. The minimum Gasteiger partial charge on any atom is -0.493 e. The molecule has 0 spiro atoms. The molecule has 2 aromatic carbocycles. The van der Waals surface area contributed by atoms with Crippen molar-refractivity contribution in [2.45, 2.75) is 37.8 Å². The summed E-state index contributed by atoms with van der Waals surface area (Å²) < 4.78 is 16.7. The van der Waals surface area contributed by atoms with Crippen LogP contribution in [0.15, 0.2) is 42.5 Å². The molecule has 7 heteroatoms. The van der Waals surface area contributed by atoms with Gasteiger partial charge >= 0.3 is 5.97 Å². The van der Waals surface area contributed by atoms with Crippen LogP contribution in [0.25, 0.3) is 0 Å². The molecule has 1 aliphatic rings. The van der Waals surface area contributed by atoms with Crippen LogP contribution in [-0.2, 0) is 11.4 Å². The van der Waals surface area contributed by atoms with Gasteiger partial charge < -0.3 is 24.6 Å². The molecular weight excluding hydrogens is 374 g/mol. The van der Waals surface area contributed by atoms with Crippen molar-refractivity contribution in [1.29, 1.82) is 0 Å². The number of aliphatic carboxylic acids is 1. The van der Waals surface area contributed by atoms with Gasteiger partial charge in [0.25, 0.3) is 5.91 Å². The molecule has 0 heterocycles. The van der Waals surface area contributed by atoms with Gasteiger partial charge in [-0.3, -0.25) is 9.59 Å². The number of hydrogen-bond acceptors (Lipinski definition) is 5. The molecule has 1 aliphatic carbocycles. The maximum Gasteiger partial charge on any atom is 0.305 e. The minimum atomic E-state index is -0.926. The minimum absolute atomic E-state index is 0.0920. The van der Waals surface area contributed by atoms with Crippen molar-refractivity contribution in [2.75, 3.05) is 14.2 Å². The van der Waals surface area contributed by atoms with Crippen molar-refractivity contribution < 1.29 is 28.9 Å². The number of amides is 1. The molecule has 0 unspecified atom stereocenters. The number of carbonyl (C=O) groups is 2. The quantitative estimate of drug-likeness (QED) is 0.671. The number of carboxylic acid groups (broad SMARTS) is 1. The van der Waals surface area contributed by atoms with Crippen LogP contribution in [0.2, 0.25) is 0 Å². The summed E-state index contributed by atoms with van der Waals surface area (Å²) in [5.74, 6) is -0.154. The second-order valence-corrected chi connectivity index (χ2v) is 7.14. The Bertz CT molecular complexity index is 851. The van der Waals surface area contributed by atoms with Crippen LogP contribution in [0.4, 0.5) is 0 Å².